The summed E-state index contributed by atoms with van der Waals surface area (Å²) < 4.78 is 12.9. The number of carbonyl (C=O) groups excluding carboxylic acids is 2. The van der Waals surface area contributed by atoms with Crippen molar-refractivity contribution in [3.63, 3.8) is 0 Å². The zero-order valence-electron chi connectivity index (χ0n) is 15.3. The molecule has 0 aliphatic carbocycles. The van der Waals surface area contributed by atoms with Crippen LogP contribution in [0.2, 0.25) is 0 Å². The molecular formula is C21H21FN4O2. The Labute approximate surface area is 161 Å². The minimum Gasteiger partial charge on any atom is -0.353 e. The molecule has 0 atom stereocenters. The van der Waals surface area contributed by atoms with E-state index in [0.29, 0.717) is 31.5 Å². The number of nitrogens with zero attached hydrogens (tertiary/aromatic N) is 2. The molecule has 1 aromatic heterocycles. The Balaban J connectivity index is 1.29. The largest absolute Gasteiger partial charge is 0.353 e. The Hall–Kier alpha value is -3.22. The normalized spacial score (nSPS) is 15.0. The second-order valence-corrected chi connectivity index (χ2v) is 7.07. The third-order valence-electron chi connectivity index (χ3n) is 5.09. The van der Waals surface area contributed by atoms with Crippen LogP contribution in [0.25, 0.3) is 11.0 Å². The summed E-state index contributed by atoms with van der Waals surface area (Å²) in [7, 11) is 0. The van der Waals surface area contributed by atoms with Crippen LogP contribution < -0.4 is 5.32 Å². The van der Waals surface area contributed by atoms with Gasteiger partial charge in [-0.2, -0.15) is 0 Å². The lowest BCUT2D eigenvalue weighted by Crippen LogP contribution is -2.46. The van der Waals surface area contributed by atoms with Crippen LogP contribution in [0.15, 0.2) is 48.8 Å². The average molecular weight is 380 g/mol. The van der Waals surface area contributed by atoms with Gasteiger partial charge in [0.05, 0.1) is 23.8 Å². The van der Waals surface area contributed by atoms with Crippen LogP contribution in [0.3, 0.4) is 0 Å². The molecule has 0 saturated carbocycles. The molecule has 2 amide bonds. The van der Waals surface area contributed by atoms with Crippen molar-refractivity contribution in [3.05, 3.63) is 65.7 Å². The number of halogens is 1. The van der Waals surface area contributed by atoms with Crippen molar-refractivity contribution in [2.24, 2.45) is 0 Å². The molecule has 28 heavy (non-hydrogen) atoms. The molecule has 6 nitrogen and oxygen atoms in total. The van der Waals surface area contributed by atoms with Crippen LogP contribution in [-0.4, -0.2) is 45.8 Å². The van der Waals surface area contributed by atoms with Crippen molar-refractivity contribution in [2.75, 3.05) is 13.1 Å². The summed E-state index contributed by atoms with van der Waals surface area (Å²) in [6.07, 6.45) is 3.27. The van der Waals surface area contributed by atoms with Crippen molar-refractivity contribution in [2.45, 2.75) is 25.3 Å². The summed E-state index contributed by atoms with van der Waals surface area (Å²) in [5, 5.41) is 3.02. The van der Waals surface area contributed by atoms with Crippen molar-refractivity contribution in [1.29, 1.82) is 0 Å². The molecule has 1 aliphatic rings. The molecule has 2 N–H and O–H groups in total. The number of hydrogen-bond donors (Lipinski definition) is 2. The van der Waals surface area contributed by atoms with Crippen molar-refractivity contribution >= 4 is 22.8 Å². The van der Waals surface area contributed by atoms with Gasteiger partial charge >= 0.3 is 0 Å². The fraction of sp³-hybridized carbons (Fsp3) is 0.286. The number of piperidine rings is 1. The zero-order valence-corrected chi connectivity index (χ0v) is 15.3. The van der Waals surface area contributed by atoms with Gasteiger partial charge in [0.25, 0.3) is 5.91 Å². The first kappa shape index (κ1) is 18.2. The van der Waals surface area contributed by atoms with Crippen LogP contribution in [0, 0.1) is 5.82 Å². The van der Waals surface area contributed by atoms with Crippen LogP contribution in [0.5, 0.6) is 0 Å². The van der Waals surface area contributed by atoms with Crippen molar-refractivity contribution in [3.8, 4) is 0 Å². The quantitative estimate of drug-likeness (QED) is 0.730. The summed E-state index contributed by atoms with van der Waals surface area (Å²) in [5.74, 6) is -0.401. The highest BCUT2D eigenvalue weighted by Crippen LogP contribution is 2.17. The van der Waals surface area contributed by atoms with Crippen LogP contribution in [0.1, 0.15) is 28.8 Å². The van der Waals surface area contributed by atoms with E-state index in [2.05, 4.69) is 15.3 Å². The van der Waals surface area contributed by atoms with Gasteiger partial charge in [0.15, 0.2) is 0 Å². The van der Waals surface area contributed by atoms with Gasteiger partial charge in [0, 0.05) is 24.7 Å². The van der Waals surface area contributed by atoms with Gasteiger partial charge in [-0.3, -0.25) is 9.59 Å². The second-order valence-electron chi connectivity index (χ2n) is 7.07. The molecule has 2 aromatic carbocycles. The van der Waals surface area contributed by atoms with Gasteiger partial charge in [-0.1, -0.05) is 12.1 Å². The van der Waals surface area contributed by atoms with Crippen molar-refractivity contribution < 1.29 is 14.0 Å². The Bertz CT molecular complexity index is 991. The van der Waals surface area contributed by atoms with E-state index >= 15 is 0 Å². The highest BCUT2D eigenvalue weighted by atomic mass is 19.1. The van der Waals surface area contributed by atoms with Gasteiger partial charge in [-0.25, -0.2) is 9.37 Å². The molecular weight excluding hydrogens is 359 g/mol. The molecule has 4 rings (SSSR count). The summed E-state index contributed by atoms with van der Waals surface area (Å²) in [4.78, 5) is 33.9. The number of aromatic amines is 1. The van der Waals surface area contributed by atoms with Gasteiger partial charge < -0.3 is 15.2 Å². The number of benzene rings is 2. The second kappa shape index (κ2) is 7.80. The molecule has 1 aliphatic heterocycles. The van der Waals surface area contributed by atoms with Gasteiger partial charge in [-0.15, -0.1) is 0 Å². The highest BCUT2D eigenvalue weighted by Gasteiger charge is 2.24. The molecule has 1 saturated heterocycles. The lowest BCUT2D eigenvalue weighted by Gasteiger charge is -2.32. The molecule has 144 valence electrons. The Kier molecular flexibility index (Phi) is 5.06. The monoisotopic (exact) mass is 380 g/mol. The van der Waals surface area contributed by atoms with Crippen LogP contribution in [-0.2, 0) is 11.2 Å². The Morgan fingerprint density at radius 2 is 1.89 bits per heavy atom. The van der Waals surface area contributed by atoms with Crippen LogP contribution in [0.4, 0.5) is 4.39 Å². The SMILES string of the molecule is O=C(Cc1ccc(F)cc1)NC1CCN(C(=O)c2ccc3nc[nH]c3c2)CC1. The number of carbonyl (C=O) groups is 2. The molecule has 3 aromatic rings. The first-order valence-corrected chi connectivity index (χ1v) is 9.35. The third kappa shape index (κ3) is 4.03. The molecule has 0 bridgehead atoms. The predicted molar refractivity (Wildman–Crippen MR) is 103 cm³/mol. The molecule has 0 unspecified atom stereocenters. The van der Waals surface area contributed by atoms with E-state index < -0.39 is 0 Å². The van der Waals surface area contributed by atoms with E-state index in [1.54, 1.807) is 24.5 Å². The number of hydrogen-bond acceptors (Lipinski definition) is 3. The fourth-order valence-electron chi connectivity index (χ4n) is 3.54. The molecule has 1 fully saturated rings. The number of fused-ring (bicyclic) bond motifs is 1. The summed E-state index contributed by atoms with van der Waals surface area (Å²) in [6, 6.07) is 11.4. The molecule has 2 heterocycles. The van der Waals surface area contributed by atoms with E-state index in [0.717, 1.165) is 16.6 Å². The Morgan fingerprint density at radius 1 is 1.14 bits per heavy atom. The lowest BCUT2D eigenvalue weighted by molar-refractivity contribution is -0.121. The first-order valence-electron chi connectivity index (χ1n) is 9.35. The maximum Gasteiger partial charge on any atom is 0.253 e. The number of likely N-dealkylation sites (tertiary alicyclic amines) is 1. The average Bonchev–Trinajstić information content (AvgIpc) is 3.17. The van der Waals surface area contributed by atoms with Gasteiger partial charge in [-0.05, 0) is 48.7 Å². The molecule has 0 radical (unpaired) electrons. The Morgan fingerprint density at radius 3 is 2.64 bits per heavy atom. The lowest BCUT2D eigenvalue weighted by atomic mass is 10.0. The van der Waals surface area contributed by atoms with E-state index in [1.807, 2.05) is 17.0 Å². The van der Waals surface area contributed by atoms with Crippen LogP contribution >= 0.6 is 0 Å². The number of rotatable bonds is 4. The van der Waals surface area contributed by atoms with Crippen molar-refractivity contribution in [1.82, 2.24) is 20.2 Å². The predicted octanol–water partition coefficient (Wildman–Crippen LogP) is 2.67. The number of imidazole rings is 1. The molecule has 7 heteroatoms. The maximum absolute atomic E-state index is 12.9. The summed E-state index contributed by atoms with van der Waals surface area (Å²) >= 11 is 0. The minimum atomic E-state index is -0.312. The number of aromatic nitrogens is 2. The first-order chi connectivity index (χ1) is 13.6. The smallest absolute Gasteiger partial charge is 0.253 e. The van der Waals surface area contributed by atoms with E-state index in [9.17, 15) is 14.0 Å². The fourth-order valence-corrected chi connectivity index (χ4v) is 3.54. The van der Waals surface area contributed by atoms with E-state index in [1.165, 1.54) is 12.1 Å². The topological polar surface area (TPSA) is 78.1 Å². The minimum absolute atomic E-state index is 0.00686. The number of H-pyrrole nitrogens is 1. The summed E-state index contributed by atoms with van der Waals surface area (Å²) in [5.41, 5.74) is 3.09. The number of nitrogens with one attached hydrogen (secondary N) is 2. The standard InChI is InChI=1S/C21H21FN4O2/c22-16-4-1-14(2-5-16)11-20(27)25-17-7-9-26(10-8-17)21(28)15-3-6-18-19(12-15)24-13-23-18/h1-6,12-13,17H,7-11H2,(H,23,24)(H,25,27). The summed E-state index contributed by atoms with van der Waals surface area (Å²) in [6.45, 7) is 1.20. The third-order valence-corrected chi connectivity index (χ3v) is 5.09. The number of amides is 2. The van der Waals surface area contributed by atoms with Gasteiger partial charge in [0.1, 0.15) is 5.82 Å². The highest BCUT2D eigenvalue weighted by molar-refractivity contribution is 5.97. The zero-order chi connectivity index (χ0) is 19.5. The van der Waals surface area contributed by atoms with E-state index in [4.69, 9.17) is 0 Å². The maximum atomic E-state index is 12.9. The van der Waals surface area contributed by atoms with E-state index in [-0.39, 0.29) is 30.1 Å². The molecule has 0 spiro atoms. The van der Waals surface area contributed by atoms with Gasteiger partial charge in [0.2, 0.25) is 5.91 Å².